The Kier molecular flexibility index (Phi) is 4.27. The Balaban J connectivity index is 2.40. The fourth-order valence-corrected chi connectivity index (χ4v) is 0.0913. The molecule has 0 aromatic carbocycles. The van der Waals surface area contributed by atoms with Crippen LogP contribution in [-0.4, -0.2) is 11.9 Å². The van der Waals surface area contributed by atoms with Gasteiger partial charge in [0.2, 0.25) is 0 Å². The quantitative estimate of drug-likeness (QED) is 0.376. The molecule has 0 radical (unpaired) electrons. The molecular weight excluding hydrogens is 91.0 g/mol. The van der Waals surface area contributed by atoms with Gasteiger partial charge in [-0.25, -0.2) is 0 Å². The Morgan fingerprint density at radius 3 is 2.60 bits per heavy atom. The van der Waals surface area contributed by atoms with Gasteiger partial charge in [0, 0.05) is 0 Å². The first-order chi connectivity index (χ1) is 2.41. The third kappa shape index (κ3) is 4.15. The van der Waals surface area contributed by atoms with Crippen LogP contribution in [0.5, 0.6) is 0 Å². The van der Waals surface area contributed by atoms with Gasteiger partial charge in [-0.2, -0.15) is 0 Å². The Labute approximate surface area is 30.9 Å². The monoisotopic (exact) mass is 96.0 g/mol. The number of aliphatic hydroxyl groups is 1. The Morgan fingerprint density at radius 1 is 2.00 bits per heavy atom. The zero-order valence-electron chi connectivity index (χ0n) is 2.55. The minimum Gasteiger partial charge on any atom is -0.370 e. The normalized spacial score (nSPS) is 10.6. The highest BCUT2D eigenvalue weighted by molar-refractivity contribution is 7.17. The molecule has 4 heteroatoms. The van der Waals surface area contributed by atoms with E-state index in [4.69, 9.17) is 5.11 Å². The van der Waals surface area contributed by atoms with E-state index in [1.165, 1.54) is 0 Å². The summed E-state index contributed by atoms with van der Waals surface area (Å²) in [7, 11) is -1.21. The summed E-state index contributed by atoms with van der Waals surface area (Å²) in [5, 5.41) is 7.66. The summed E-state index contributed by atoms with van der Waals surface area (Å²) < 4.78 is 13.1. The summed E-state index contributed by atoms with van der Waals surface area (Å²) in [5.74, 6) is 0. The molecular formula is CH5O3P. The van der Waals surface area contributed by atoms with Crippen LogP contribution in [0.3, 0.4) is 0 Å². The molecule has 0 rings (SSSR count). The molecule has 0 aliphatic carbocycles. The lowest BCUT2D eigenvalue weighted by molar-refractivity contribution is 0.111. The average molecular weight is 96.0 g/mol. The van der Waals surface area contributed by atoms with Crippen LogP contribution in [0.1, 0.15) is 0 Å². The molecule has 0 heterocycles. The summed E-state index contributed by atoms with van der Waals surface area (Å²) in [5.41, 5.74) is 0. The van der Waals surface area contributed by atoms with Gasteiger partial charge >= 0.3 is 0 Å². The molecule has 0 bridgehead atoms. The molecule has 1 unspecified atom stereocenters. The van der Waals surface area contributed by atoms with Gasteiger partial charge in [-0.1, -0.05) is 0 Å². The lowest BCUT2D eigenvalue weighted by Gasteiger charge is -1.76. The summed E-state index contributed by atoms with van der Waals surface area (Å²) in [4.78, 5) is 0. The number of rotatable bonds is 2. The molecule has 0 saturated carbocycles. The van der Waals surface area contributed by atoms with Crippen LogP contribution in [0.4, 0.5) is 0 Å². The standard InChI is InChI=1S/CH5O3P/c2-1-4-5-3/h2H,1,5H2. The van der Waals surface area contributed by atoms with Crippen molar-refractivity contribution in [3.63, 3.8) is 0 Å². The topological polar surface area (TPSA) is 46.5 Å². The van der Waals surface area contributed by atoms with E-state index in [1.54, 1.807) is 0 Å². The van der Waals surface area contributed by atoms with Crippen molar-refractivity contribution in [1.82, 2.24) is 0 Å². The van der Waals surface area contributed by atoms with E-state index in [-0.39, 0.29) is 0 Å². The van der Waals surface area contributed by atoms with Gasteiger partial charge in [0.1, 0.15) is 6.79 Å². The van der Waals surface area contributed by atoms with Crippen molar-refractivity contribution >= 4 is 8.69 Å². The van der Waals surface area contributed by atoms with Gasteiger partial charge < -0.3 is 9.63 Å². The predicted octanol–water partition coefficient (Wildman–Crippen LogP) is -0.376. The lowest BCUT2D eigenvalue weighted by Crippen LogP contribution is -1.72. The Morgan fingerprint density at radius 2 is 2.60 bits per heavy atom. The smallest absolute Gasteiger partial charge is 0.182 e. The molecule has 0 fully saturated rings. The van der Waals surface area contributed by atoms with Gasteiger partial charge in [-0.15, -0.1) is 0 Å². The number of hydrogen-bond donors (Lipinski definition) is 1. The largest absolute Gasteiger partial charge is 0.370 e. The first-order valence-corrected chi connectivity index (χ1v) is 2.02. The molecule has 0 saturated heterocycles. The fraction of sp³-hybridized carbons (Fsp3) is 1.00. The van der Waals surface area contributed by atoms with Crippen molar-refractivity contribution in [2.75, 3.05) is 6.79 Å². The van der Waals surface area contributed by atoms with E-state index in [2.05, 4.69) is 4.52 Å². The van der Waals surface area contributed by atoms with Crippen LogP contribution < -0.4 is 0 Å². The van der Waals surface area contributed by atoms with E-state index in [0.717, 1.165) is 0 Å². The lowest BCUT2D eigenvalue weighted by atomic mass is 11.6. The second kappa shape index (κ2) is 4.15. The molecule has 5 heavy (non-hydrogen) atoms. The Hall–Kier alpha value is 0.150. The second-order valence-electron chi connectivity index (χ2n) is 0.392. The molecule has 1 atom stereocenters. The van der Waals surface area contributed by atoms with Crippen molar-refractivity contribution < 1.29 is 14.2 Å². The minimum absolute atomic E-state index is 0.432. The highest BCUT2D eigenvalue weighted by atomic mass is 31.1. The van der Waals surface area contributed by atoms with Crippen LogP contribution in [0.15, 0.2) is 0 Å². The first kappa shape index (κ1) is 5.15. The third-order valence-electron chi connectivity index (χ3n) is 0.143. The zero-order valence-corrected chi connectivity index (χ0v) is 3.70. The molecule has 3 nitrogen and oxygen atoms in total. The SMILES string of the molecule is O=[PH2]OCO. The Bertz CT molecular complexity index is 28.1. The summed E-state index contributed by atoms with van der Waals surface area (Å²) in [6, 6.07) is 0. The van der Waals surface area contributed by atoms with Crippen LogP contribution >= 0.6 is 8.69 Å². The van der Waals surface area contributed by atoms with E-state index in [1.807, 2.05) is 0 Å². The van der Waals surface area contributed by atoms with Crippen LogP contribution in [0.2, 0.25) is 0 Å². The summed E-state index contributed by atoms with van der Waals surface area (Å²) in [6.45, 7) is -0.432. The zero-order chi connectivity index (χ0) is 4.12. The van der Waals surface area contributed by atoms with Crippen molar-refractivity contribution in [1.29, 1.82) is 0 Å². The molecule has 0 spiro atoms. The van der Waals surface area contributed by atoms with Crippen LogP contribution in [0.25, 0.3) is 0 Å². The molecule has 32 valence electrons. The van der Waals surface area contributed by atoms with Gasteiger partial charge in [-0.05, 0) is 0 Å². The maximum absolute atomic E-state index is 9.23. The minimum atomic E-state index is -1.21. The van der Waals surface area contributed by atoms with Crippen molar-refractivity contribution in [3.8, 4) is 0 Å². The molecule has 0 aliphatic heterocycles. The van der Waals surface area contributed by atoms with Crippen LogP contribution in [0, 0.1) is 0 Å². The van der Waals surface area contributed by atoms with Gasteiger partial charge in [0.25, 0.3) is 0 Å². The van der Waals surface area contributed by atoms with Gasteiger partial charge in [0.05, 0.1) is 0 Å². The average Bonchev–Trinajstić information content (AvgIpc) is 1.41. The number of hydrogen-bond acceptors (Lipinski definition) is 3. The maximum Gasteiger partial charge on any atom is 0.182 e. The molecule has 0 amide bonds. The number of aliphatic hydroxyl groups excluding tert-OH is 1. The van der Waals surface area contributed by atoms with Crippen LogP contribution in [-0.2, 0) is 9.09 Å². The summed E-state index contributed by atoms with van der Waals surface area (Å²) >= 11 is 0. The van der Waals surface area contributed by atoms with Crippen molar-refractivity contribution in [3.05, 3.63) is 0 Å². The van der Waals surface area contributed by atoms with Crippen molar-refractivity contribution in [2.45, 2.75) is 0 Å². The first-order valence-electron chi connectivity index (χ1n) is 1.08. The predicted molar refractivity (Wildman–Crippen MR) is 18.6 cm³/mol. The highest BCUT2D eigenvalue weighted by Crippen LogP contribution is 1.87. The van der Waals surface area contributed by atoms with E-state index in [0.29, 0.717) is 0 Å². The molecule has 0 aromatic heterocycles. The molecule has 0 aliphatic rings. The van der Waals surface area contributed by atoms with Crippen molar-refractivity contribution in [2.24, 2.45) is 0 Å². The molecule has 1 N–H and O–H groups in total. The van der Waals surface area contributed by atoms with Gasteiger partial charge in [0.15, 0.2) is 8.69 Å². The second-order valence-corrected chi connectivity index (χ2v) is 0.918. The van der Waals surface area contributed by atoms with E-state index >= 15 is 0 Å². The fourth-order valence-electron chi connectivity index (χ4n) is 0.0304. The maximum atomic E-state index is 9.23. The van der Waals surface area contributed by atoms with Gasteiger partial charge in [-0.3, -0.25) is 4.57 Å². The molecule has 0 aromatic rings. The highest BCUT2D eigenvalue weighted by Gasteiger charge is 1.61. The summed E-state index contributed by atoms with van der Waals surface area (Å²) in [6.07, 6.45) is 0. The van der Waals surface area contributed by atoms with E-state index in [9.17, 15) is 4.57 Å². The van der Waals surface area contributed by atoms with E-state index < -0.39 is 15.5 Å². The third-order valence-corrected chi connectivity index (χ3v) is 0.428.